The molecule has 0 aromatic carbocycles. The van der Waals surface area contributed by atoms with Gasteiger partial charge in [-0.15, -0.1) is 0 Å². The van der Waals surface area contributed by atoms with Crippen LogP contribution in [0.15, 0.2) is 0 Å². The smallest absolute Gasteiger partial charge is 0.0980 e. The first-order chi connectivity index (χ1) is 13.0. The maximum atomic E-state index is 6.03. The third-order valence-corrected chi connectivity index (χ3v) is 6.62. The molecule has 1 rings (SSSR count). The standard InChI is InChI=1S/C24H48O4/c1-10-14-22(6,7)27-25-19(5)20-16-21(18-24(12-3,13-4)17-20)26-28-23(8,9)15-11-2/h19-21H,10-18H2,1-9H3. The summed E-state index contributed by atoms with van der Waals surface area (Å²) in [5, 5.41) is 0. The van der Waals surface area contributed by atoms with E-state index in [-0.39, 0.29) is 23.4 Å². The number of hydrogen-bond acceptors (Lipinski definition) is 4. The van der Waals surface area contributed by atoms with Gasteiger partial charge in [-0.05, 0) is 78.1 Å². The van der Waals surface area contributed by atoms with Gasteiger partial charge in [-0.2, -0.15) is 0 Å². The second-order valence-corrected chi connectivity index (χ2v) is 10.3. The minimum atomic E-state index is -0.243. The van der Waals surface area contributed by atoms with Crippen molar-refractivity contribution in [1.82, 2.24) is 0 Å². The van der Waals surface area contributed by atoms with Crippen LogP contribution in [-0.2, 0) is 19.6 Å². The molecule has 0 aromatic rings. The summed E-state index contributed by atoms with van der Waals surface area (Å²) in [6.07, 6.45) is 9.83. The molecule has 0 bridgehead atoms. The summed E-state index contributed by atoms with van der Waals surface area (Å²) in [7, 11) is 0. The molecule has 1 aliphatic carbocycles. The van der Waals surface area contributed by atoms with E-state index in [2.05, 4.69) is 62.3 Å². The van der Waals surface area contributed by atoms with E-state index in [4.69, 9.17) is 19.6 Å². The fraction of sp³-hybridized carbons (Fsp3) is 1.00. The lowest BCUT2D eigenvalue weighted by molar-refractivity contribution is -0.400. The Morgan fingerprint density at radius 2 is 1.39 bits per heavy atom. The van der Waals surface area contributed by atoms with Crippen LogP contribution in [0.5, 0.6) is 0 Å². The Kier molecular flexibility index (Phi) is 10.4. The van der Waals surface area contributed by atoms with Crippen LogP contribution >= 0.6 is 0 Å². The lowest BCUT2D eigenvalue weighted by Crippen LogP contribution is -2.42. The van der Waals surface area contributed by atoms with Gasteiger partial charge in [0.25, 0.3) is 0 Å². The molecule has 1 saturated carbocycles. The first-order valence-corrected chi connectivity index (χ1v) is 11.7. The van der Waals surface area contributed by atoms with Crippen molar-refractivity contribution in [2.75, 3.05) is 0 Å². The first-order valence-electron chi connectivity index (χ1n) is 11.7. The van der Waals surface area contributed by atoms with Crippen LogP contribution in [0.25, 0.3) is 0 Å². The largest absolute Gasteiger partial charge is 0.233 e. The third kappa shape index (κ3) is 8.30. The zero-order valence-electron chi connectivity index (χ0n) is 20.2. The molecule has 0 N–H and O–H groups in total. The summed E-state index contributed by atoms with van der Waals surface area (Å²) in [5.74, 6) is 0.411. The molecule has 0 amide bonds. The van der Waals surface area contributed by atoms with Crippen LogP contribution in [0.1, 0.15) is 120 Å². The molecule has 3 atom stereocenters. The Hall–Kier alpha value is -0.160. The highest BCUT2D eigenvalue weighted by atomic mass is 17.2. The average Bonchev–Trinajstić information content (AvgIpc) is 2.64. The predicted octanol–water partition coefficient (Wildman–Crippen LogP) is 7.40. The molecule has 1 aliphatic rings. The van der Waals surface area contributed by atoms with E-state index in [1.165, 1.54) is 0 Å². The van der Waals surface area contributed by atoms with E-state index >= 15 is 0 Å². The Bertz CT molecular complexity index is 428. The maximum Gasteiger partial charge on any atom is 0.0980 e. The molecule has 168 valence electrons. The molecule has 4 nitrogen and oxygen atoms in total. The summed E-state index contributed by atoms with van der Waals surface area (Å²) in [5.41, 5.74) is -0.186. The topological polar surface area (TPSA) is 36.9 Å². The van der Waals surface area contributed by atoms with Gasteiger partial charge in [-0.25, -0.2) is 19.6 Å². The zero-order valence-corrected chi connectivity index (χ0v) is 20.2. The monoisotopic (exact) mass is 400 g/mol. The Balaban J connectivity index is 2.76. The molecular formula is C24H48O4. The van der Waals surface area contributed by atoms with Crippen molar-refractivity contribution >= 4 is 0 Å². The summed E-state index contributed by atoms with van der Waals surface area (Å²) in [6.45, 7) is 19.5. The molecule has 0 spiro atoms. The van der Waals surface area contributed by atoms with Gasteiger partial charge in [0.2, 0.25) is 0 Å². The van der Waals surface area contributed by atoms with E-state index in [9.17, 15) is 0 Å². The highest BCUT2D eigenvalue weighted by Crippen LogP contribution is 2.47. The van der Waals surface area contributed by atoms with Crippen molar-refractivity contribution in [2.24, 2.45) is 11.3 Å². The normalized spacial score (nSPS) is 24.3. The Labute approximate surface area is 174 Å². The summed E-state index contributed by atoms with van der Waals surface area (Å²) in [6, 6.07) is 0. The van der Waals surface area contributed by atoms with Gasteiger partial charge in [0.15, 0.2) is 0 Å². The first kappa shape index (κ1) is 25.9. The summed E-state index contributed by atoms with van der Waals surface area (Å²) < 4.78 is 0. The van der Waals surface area contributed by atoms with E-state index in [1.54, 1.807) is 0 Å². The number of hydrogen-bond donors (Lipinski definition) is 0. The van der Waals surface area contributed by atoms with Gasteiger partial charge < -0.3 is 0 Å². The fourth-order valence-corrected chi connectivity index (χ4v) is 4.66. The third-order valence-electron chi connectivity index (χ3n) is 6.62. The van der Waals surface area contributed by atoms with Gasteiger partial charge in [0.05, 0.1) is 23.4 Å². The minimum absolute atomic E-state index is 0.0451. The second kappa shape index (κ2) is 11.3. The molecule has 28 heavy (non-hydrogen) atoms. The molecule has 0 heterocycles. The van der Waals surface area contributed by atoms with Crippen LogP contribution in [0, 0.1) is 11.3 Å². The van der Waals surface area contributed by atoms with Gasteiger partial charge >= 0.3 is 0 Å². The van der Waals surface area contributed by atoms with Gasteiger partial charge in [-0.3, -0.25) is 0 Å². The van der Waals surface area contributed by atoms with Crippen molar-refractivity contribution < 1.29 is 19.6 Å². The molecule has 0 saturated heterocycles. The van der Waals surface area contributed by atoms with Crippen molar-refractivity contribution in [3.8, 4) is 0 Å². The van der Waals surface area contributed by atoms with Gasteiger partial charge in [-0.1, -0.05) is 53.4 Å². The average molecular weight is 401 g/mol. The Morgan fingerprint density at radius 1 is 0.857 bits per heavy atom. The van der Waals surface area contributed by atoms with Gasteiger partial charge in [0, 0.05) is 0 Å². The van der Waals surface area contributed by atoms with Crippen molar-refractivity contribution in [3.05, 3.63) is 0 Å². The summed E-state index contributed by atoms with van der Waals surface area (Å²) in [4.78, 5) is 23.7. The molecule has 0 aromatic heterocycles. The lowest BCUT2D eigenvalue weighted by Gasteiger charge is -2.45. The zero-order chi connectivity index (χ0) is 21.4. The molecule has 4 heteroatoms. The van der Waals surface area contributed by atoms with Crippen molar-refractivity contribution in [3.63, 3.8) is 0 Å². The highest BCUT2D eigenvalue weighted by Gasteiger charge is 2.42. The second-order valence-electron chi connectivity index (χ2n) is 10.3. The Morgan fingerprint density at radius 3 is 1.89 bits per heavy atom. The minimum Gasteiger partial charge on any atom is -0.233 e. The lowest BCUT2D eigenvalue weighted by atomic mass is 9.64. The molecule has 3 unspecified atom stereocenters. The van der Waals surface area contributed by atoms with E-state index in [1.807, 2.05) is 0 Å². The number of rotatable bonds is 13. The molecule has 0 aliphatic heterocycles. The van der Waals surface area contributed by atoms with Crippen LogP contribution in [0.2, 0.25) is 0 Å². The van der Waals surface area contributed by atoms with E-state index in [0.717, 1.165) is 57.8 Å². The van der Waals surface area contributed by atoms with Crippen LogP contribution in [0.4, 0.5) is 0 Å². The molecule has 1 fully saturated rings. The SMILES string of the molecule is CCCC(C)(C)OOC1CC(C(C)OOC(C)(C)CCC)CC(CC)(CC)C1. The van der Waals surface area contributed by atoms with Crippen LogP contribution in [-0.4, -0.2) is 23.4 Å². The fourth-order valence-electron chi connectivity index (χ4n) is 4.66. The molecule has 0 radical (unpaired) electrons. The van der Waals surface area contributed by atoms with Crippen LogP contribution < -0.4 is 0 Å². The summed E-state index contributed by atoms with van der Waals surface area (Å²) >= 11 is 0. The van der Waals surface area contributed by atoms with E-state index in [0.29, 0.717) is 11.3 Å². The highest BCUT2D eigenvalue weighted by molar-refractivity contribution is 4.91. The quantitative estimate of drug-likeness (QED) is 0.238. The van der Waals surface area contributed by atoms with Crippen molar-refractivity contribution in [1.29, 1.82) is 0 Å². The van der Waals surface area contributed by atoms with Gasteiger partial charge in [0.1, 0.15) is 0 Å². The predicted molar refractivity (Wildman–Crippen MR) is 116 cm³/mol. The molecular weight excluding hydrogens is 352 g/mol. The van der Waals surface area contributed by atoms with Crippen molar-refractivity contribution in [2.45, 2.75) is 144 Å². The van der Waals surface area contributed by atoms with E-state index < -0.39 is 0 Å². The van der Waals surface area contributed by atoms with Crippen LogP contribution in [0.3, 0.4) is 0 Å². The maximum absolute atomic E-state index is 6.03.